The van der Waals surface area contributed by atoms with Crippen LogP contribution in [0.25, 0.3) is 0 Å². The van der Waals surface area contributed by atoms with Crippen LogP contribution in [0, 0.1) is 0 Å². The Hall–Kier alpha value is -0.940. The van der Waals surface area contributed by atoms with E-state index in [1.165, 1.54) is 51.4 Å². The van der Waals surface area contributed by atoms with Gasteiger partial charge >= 0.3 is 0 Å². The van der Waals surface area contributed by atoms with E-state index in [0.717, 1.165) is 55.7 Å². The van der Waals surface area contributed by atoms with E-state index in [1.54, 1.807) is 30.3 Å². The highest BCUT2D eigenvalue weighted by Gasteiger charge is 2.30. The first kappa shape index (κ1) is 29.1. The topological polar surface area (TPSA) is 37.4 Å². The van der Waals surface area contributed by atoms with Gasteiger partial charge in [0.2, 0.25) is 10.0 Å². The zero-order valence-corrected chi connectivity index (χ0v) is 21.6. The third-order valence-electron chi connectivity index (χ3n) is 6.19. The molecule has 0 aliphatic heterocycles. The average molecular weight is 470 g/mol. The molecular weight excluding hydrogens is 421 g/mol. The van der Waals surface area contributed by atoms with Crippen molar-refractivity contribution in [2.75, 3.05) is 6.54 Å². The molecule has 0 heterocycles. The van der Waals surface area contributed by atoms with Gasteiger partial charge in [-0.2, -0.15) is 4.31 Å². The number of hydrogen-bond acceptors (Lipinski definition) is 2. The van der Waals surface area contributed by atoms with E-state index in [2.05, 4.69) is 13.8 Å². The summed E-state index contributed by atoms with van der Waals surface area (Å²) in [5.74, 6) is 0. The molecule has 5 heteroatoms. The number of unbranched alkanes of at least 4 members (excludes halogenated alkanes) is 14. The second-order valence-corrected chi connectivity index (χ2v) is 11.0. The van der Waals surface area contributed by atoms with Crippen LogP contribution >= 0.6 is 0 Å². The van der Waals surface area contributed by atoms with Crippen molar-refractivity contribution in [3.63, 3.8) is 0 Å². The van der Waals surface area contributed by atoms with Gasteiger partial charge in [0.05, 0.1) is 4.90 Å². The van der Waals surface area contributed by atoms with Gasteiger partial charge in [-0.05, 0) is 31.4 Å². The monoisotopic (exact) mass is 469 g/mol. The largest absolute Gasteiger partial charge is 0.245 e. The predicted molar refractivity (Wildman–Crippen MR) is 135 cm³/mol. The summed E-state index contributed by atoms with van der Waals surface area (Å²) in [7, 11) is -3.80. The maximum Gasteiger partial charge on any atom is 0.245 e. The number of benzene rings is 1. The van der Waals surface area contributed by atoms with Gasteiger partial charge in [-0.1, -0.05) is 122 Å². The minimum absolute atomic E-state index is 0.191. The Labute approximate surface area is 198 Å². The molecule has 0 amide bonds. The molecule has 32 heavy (non-hydrogen) atoms. The molecular formula is C27H48FNO2S. The first-order chi connectivity index (χ1) is 15.5. The van der Waals surface area contributed by atoms with E-state index in [9.17, 15) is 8.42 Å². The number of alkyl halides is 1. The van der Waals surface area contributed by atoms with Crippen LogP contribution in [-0.4, -0.2) is 25.6 Å². The lowest BCUT2D eigenvalue weighted by Crippen LogP contribution is -2.38. The molecule has 0 fully saturated rings. The molecule has 1 atom stereocenters. The van der Waals surface area contributed by atoms with Gasteiger partial charge in [0, 0.05) is 6.54 Å². The maximum absolute atomic E-state index is 15.1. The highest BCUT2D eigenvalue weighted by Crippen LogP contribution is 2.23. The number of rotatable bonds is 21. The van der Waals surface area contributed by atoms with Crippen molar-refractivity contribution in [2.24, 2.45) is 0 Å². The van der Waals surface area contributed by atoms with Crippen LogP contribution in [-0.2, 0) is 10.0 Å². The Kier molecular flexibility index (Phi) is 16.8. The minimum atomic E-state index is -3.80. The third kappa shape index (κ3) is 12.3. The molecule has 0 aromatic heterocycles. The number of sulfonamides is 1. The zero-order valence-electron chi connectivity index (χ0n) is 20.7. The van der Waals surface area contributed by atoms with Crippen LogP contribution in [0.4, 0.5) is 4.39 Å². The number of halogens is 1. The van der Waals surface area contributed by atoms with Crippen LogP contribution < -0.4 is 0 Å². The quantitative estimate of drug-likeness (QED) is 0.133. The normalized spacial score (nSPS) is 13.0. The second-order valence-electron chi connectivity index (χ2n) is 9.10. The van der Waals surface area contributed by atoms with Crippen molar-refractivity contribution in [2.45, 2.75) is 134 Å². The van der Waals surface area contributed by atoms with E-state index in [4.69, 9.17) is 0 Å². The molecule has 0 saturated heterocycles. The standard InChI is InChI=1S/C27H48FNO2S/c1-3-5-7-9-10-11-12-13-14-16-21-25-29(27(28)24-20-15-8-6-4-2)32(30,31)26-22-18-17-19-23-26/h17-19,22-23,27H,3-16,20-21,24-25H2,1-2H3. The first-order valence-electron chi connectivity index (χ1n) is 13.2. The Bertz CT molecular complexity index is 651. The summed E-state index contributed by atoms with van der Waals surface area (Å²) in [4.78, 5) is 0.191. The van der Waals surface area contributed by atoms with Crippen molar-refractivity contribution < 1.29 is 12.8 Å². The zero-order chi connectivity index (χ0) is 23.5. The molecule has 0 aliphatic rings. The maximum atomic E-state index is 15.1. The van der Waals surface area contributed by atoms with Gasteiger partial charge in [-0.3, -0.25) is 0 Å². The van der Waals surface area contributed by atoms with Crippen LogP contribution in [0.2, 0.25) is 0 Å². The number of nitrogens with zero attached hydrogens (tertiary/aromatic N) is 1. The van der Waals surface area contributed by atoms with E-state index >= 15 is 4.39 Å². The van der Waals surface area contributed by atoms with E-state index in [1.807, 2.05) is 0 Å². The molecule has 186 valence electrons. The molecule has 0 bridgehead atoms. The number of hydrogen-bond donors (Lipinski definition) is 0. The lowest BCUT2D eigenvalue weighted by Gasteiger charge is -2.26. The van der Waals surface area contributed by atoms with Gasteiger partial charge < -0.3 is 0 Å². The summed E-state index contributed by atoms with van der Waals surface area (Å²) >= 11 is 0. The fourth-order valence-electron chi connectivity index (χ4n) is 4.13. The Morgan fingerprint density at radius 1 is 0.688 bits per heavy atom. The highest BCUT2D eigenvalue weighted by molar-refractivity contribution is 7.89. The van der Waals surface area contributed by atoms with Gasteiger partial charge in [0.15, 0.2) is 6.30 Å². The summed E-state index contributed by atoms with van der Waals surface area (Å²) < 4.78 is 42.4. The van der Waals surface area contributed by atoms with Crippen molar-refractivity contribution in [3.05, 3.63) is 30.3 Å². The van der Waals surface area contributed by atoms with Gasteiger partial charge in [-0.15, -0.1) is 0 Å². The minimum Gasteiger partial charge on any atom is -0.229 e. The molecule has 1 unspecified atom stereocenters. The molecule has 1 aromatic rings. The molecule has 0 radical (unpaired) electrons. The van der Waals surface area contributed by atoms with Crippen LogP contribution in [0.15, 0.2) is 35.2 Å². The summed E-state index contributed by atoms with van der Waals surface area (Å²) in [5, 5.41) is 0. The molecule has 1 rings (SSSR count). The lowest BCUT2D eigenvalue weighted by molar-refractivity contribution is 0.148. The third-order valence-corrected chi connectivity index (χ3v) is 8.09. The molecule has 0 saturated carbocycles. The molecule has 0 spiro atoms. The Morgan fingerprint density at radius 2 is 1.12 bits per heavy atom. The highest BCUT2D eigenvalue weighted by atomic mass is 32.2. The molecule has 0 N–H and O–H groups in total. The molecule has 3 nitrogen and oxygen atoms in total. The SMILES string of the molecule is CCCCCCCCCCCCCN(C(F)CCCCCCC)S(=O)(=O)c1ccccc1. The van der Waals surface area contributed by atoms with E-state index < -0.39 is 16.3 Å². The van der Waals surface area contributed by atoms with Crippen molar-refractivity contribution >= 4 is 10.0 Å². The van der Waals surface area contributed by atoms with E-state index in [-0.39, 0.29) is 17.9 Å². The van der Waals surface area contributed by atoms with Gasteiger partial charge in [0.1, 0.15) is 0 Å². The second kappa shape index (κ2) is 18.5. The van der Waals surface area contributed by atoms with Gasteiger partial charge in [0.25, 0.3) is 0 Å². The summed E-state index contributed by atoms with van der Waals surface area (Å²) in [5.41, 5.74) is 0. The van der Waals surface area contributed by atoms with Crippen molar-refractivity contribution in [3.8, 4) is 0 Å². The van der Waals surface area contributed by atoms with Crippen LogP contribution in [0.1, 0.15) is 123 Å². The first-order valence-corrected chi connectivity index (χ1v) is 14.7. The van der Waals surface area contributed by atoms with Crippen LogP contribution in [0.5, 0.6) is 0 Å². The fourth-order valence-corrected chi connectivity index (χ4v) is 5.68. The van der Waals surface area contributed by atoms with Crippen LogP contribution in [0.3, 0.4) is 0 Å². The van der Waals surface area contributed by atoms with Crippen molar-refractivity contribution in [1.82, 2.24) is 4.31 Å². The summed E-state index contributed by atoms with van der Waals surface area (Å²) in [6, 6.07) is 8.32. The molecule has 0 aliphatic carbocycles. The van der Waals surface area contributed by atoms with Gasteiger partial charge in [-0.25, -0.2) is 12.8 Å². The van der Waals surface area contributed by atoms with E-state index in [0.29, 0.717) is 0 Å². The smallest absolute Gasteiger partial charge is 0.229 e. The lowest BCUT2D eigenvalue weighted by atomic mass is 10.1. The Morgan fingerprint density at radius 3 is 1.62 bits per heavy atom. The summed E-state index contributed by atoms with van der Waals surface area (Å²) in [6.07, 6.45) is 17.1. The fraction of sp³-hybridized carbons (Fsp3) is 0.778. The molecule has 1 aromatic carbocycles. The average Bonchev–Trinajstić information content (AvgIpc) is 2.80. The van der Waals surface area contributed by atoms with Crippen molar-refractivity contribution in [1.29, 1.82) is 0 Å². The Balaban J connectivity index is 2.45. The predicted octanol–water partition coefficient (Wildman–Crippen LogP) is 8.64. The summed E-state index contributed by atoms with van der Waals surface area (Å²) in [6.45, 7) is 4.66.